The predicted molar refractivity (Wildman–Crippen MR) is 75.7 cm³/mol. The topological polar surface area (TPSA) is 32.3 Å². The zero-order valence-electron chi connectivity index (χ0n) is 12.1. The molecule has 0 saturated heterocycles. The van der Waals surface area contributed by atoms with E-state index in [-0.39, 0.29) is 5.91 Å². The summed E-state index contributed by atoms with van der Waals surface area (Å²) in [4.78, 5) is 13.7. The first-order valence-electron chi connectivity index (χ1n) is 6.41. The van der Waals surface area contributed by atoms with Crippen molar-refractivity contribution in [2.24, 2.45) is 0 Å². The van der Waals surface area contributed by atoms with Crippen LogP contribution in [0.15, 0.2) is 12.1 Å². The molecule has 1 amide bonds. The van der Waals surface area contributed by atoms with E-state index in [4.69, 9.17) is 0 Å². The lowest BCUT2D eigenvalue weighted by Crippen LogP contribution is -2.29. The molecule has 0 bridgehead atoms. The molecule has 0 aliphatic heterocycles. The molecule has 1 aromatic rings. The van der Waals surface area contributed by atoms with Crippen LogP contribution in [0.25, 0.3) is 0 Å². The van der Waals surface area contributed by atoms with Gasteiger partial charge in [-0.25, -0.2) is 0 Å². The SMILES string of the molecule is CNCCC(=O)N(C)Cc1ccc(C)c(C)c1C. The molecule has 18 heavy (non-hydrogen) atoms. The van der Waals surface area contributed by atoms with E-state index in [0.717, 1.165) is 6.54 Å². The third kappa shape index (κ3) is 3.57. The highest BCUT2D eigenvalue weighted by atomic mass is 16.2. The molecule has 0 unspecified atom stereocenters. The van der Waals surface area contributed by atoms with Gasteiger partial charge >= 0.3 is 0 Å². The first-order chi connectivity index (χ1) is 8.47. The molecule has 1 rings (SSSR count). The van der Waals surface area contributed by atoms with Gasteiger partial charge in [0.05, 0.1) is 0 Å². The molecule has 3 nitrogen and oxygen atoms in total. The zero-order chi connectivity index (χ0) is 13.7. The highest BCUT2D eigenvalue weighted by molar-refractivity contribution is 5.76. The maximum atomic E-state index is 11.9. The maximum Gasteiger partial charge on any atom is 0.223 e. The Hall–Kier alpha value is -1.35. The number of carbonyl (C=O) groups is 1. The molecule has 0 saturated carbocycles. The highest BCUT2D eigenvalue weighted by Gasteiger charge is 2.11. The van der Waals surface area contributed by atoms with Crippen molar-refractivity contribution in [2.75, 3.05) is 20.6 Å². The molecule has 0 radical (unpaired) electrons. The number of benzene rings is 1. The van der Waals surface area contributed by atoms with Gasteiger partial charge < -0.3 is 10.2 Å². The summed E-state index contributed by atoms with van der Waals surface area (Å²) in [6.45, 7) is 7.80. The Bertz CT molecular complexity index is 427. The molecular weight excluding hydrogens is 224 g/mol. The van der Waals surface area contributed by atoms with Gasteiger partial charge in [-0.15, -0.1) is 0 Å². The van der Waals surface area contributed by atoms with Gasteiger partial charge in [0.15, 0.2) is 0 Å². The van der Waals surface area contributed by atoms with Crippen LogP contribution in [0.4, 0.5) is 0 Å². The summed E-state index contributed by atoms with van der Waals surface area (Å²) >= 11 is 0. The van der Waals surface area contributed by atoms with Gasteiger partial charge in [0, 0.05) is 26.6 Å². The third-order valence-electron chi connectivity index (χ3n) is 3.59. The molecule has 0 atom stereocenters. The summed E-state index contributed by atoms with van der Waals surface area (Å²) in [7, 11) is 3.73. The Morgan fingerprint density at radius 2 is 1.89 bits per heavy atom. The molecule has 0 aliphatic rings. The number of nitrogens with zero attached hydrogens (tertiary/aromatic N) is 1. The standard InChI is InChI=1S/C15H24N2O/c1-11-6-7-14(13(3)12(11)2)10-17(5)15(18)8-9-16-4/h6-7,16H,8-10H2,1-5H3. The second-order valence-corrected chi connectivity index (χ2v) is 4.89. The van der Waals surface area contributed by atoms with Crippen molar-refractivity contribution in [3.8, 4) is 0 Å². The summed E-state index contributed by atoms with van der Waals surface area (Å²) in [5.41, 5.74) is 5.16. The van der Waals surface area contributed by atoms with Crippen LogP contribution in [0.3, 0.4) is 0 Å². The Balaban J connectivity index is 2.73. The normalized spacial score (nSPS) is 10.5. The van der Waals surface area contributed by atoms with Gasteiger partial charge in [-0.2, -0.15) is 0 Å². The van der Waals surface area contributed by atoms with Crippen LogP contribution < -0.4 is 5.32 Å². The van der Waals surface area contributed by atoms with Crippen molar-refractivity contribution in [3.63, 3.8) is 0 Å². The monoisotopic (exact) mass is 248 g/mol. The molecule has 100 valence electrons. The minimum absolute atomic E-state index is 0.182. The van der Waals surface area contributed by atoms with E-state index in [0.29, 0.717) is 13.0 Å². The summed E-state index contributed by atoms with van der Waals surface area (Å²) in [5.74, 6) is 0.182. The lowest BCUT2D eigenvalue weighted by molar-refractivity contribution is -0.130. The number of amides is 1. The van der Waals surface area contributed by atoms with Crippen LogP contribution in [-0.4, -0.2) is 31.4 Å². The molecule has 1 N–H and O–H groups in total. The van der Waals surface area contributed by atoms with Crippen molar-refractivity contribution in [1.29, 1.82) is 0 Å². The first-order valence-corrected chi connectivity index (χ1v) is 6.41. The van der Waals surface area contributed by atoms with E-state index in [1.165, 1.54) is 22.3 Å². The van der Waals surface area contributed by atoms with Gasteiger partial charge in [0.25, 0.3) is 0 Å². The summed E-state index contributed by atoms with van der Waals surface area (Å²) in [6.07, 6.45) is 0.552. The van der Waals surface area contributed by atoms with Gasteiger partial charge in [-0.3, -0.25) is 4.79 Å². The molecule has 0 spiro atoms. The molecule has 0 aromatic heterocycles. The van der Waals surface area contributed by atoms with Crippen molar-refractivity contribution in [2.45, 2.75) is 33.7 Å². The Morgan fingerprint density at radius 1 is 1.22 bits per heavy atom. The van der Waals surface area contributed by atoms with Crippen LogP contribution in [-0.2, 0) is 11.3 Å². The van der Waals surface area contributed by atoms with Gasteiger partial charge in [0.2, 0.25) is 5.91 Å². The summed E-state index contributed by atoms with van der Waals surface area (Å²) in [6, 6.07) is 4.25. The number of hydrogen-bond acceptors (Lipinski definition) is 2. The minimum Gasteiger partial charge on any atom is -0.341 e. The fraction of sp³-hybridized carbons (Fsp3) is 0.533. The van der Waals surface area contributed by atoms with Gasteiger partial charge in [-0.1, -0.05) is 12.1 Å². The van der Waals surface area contributed by atoms with Crippen LogP contribution in [0.5, 0.6) is 0 Å². The van der Waals surface area contributed by atoms with Crippen molar-refractivity contribution < 1.29 is 4.79 Å². The fourth-order valence-corrected chi connectivity index (χ4v) is 1.95. The number of carbonyl (C=O) groups excluding carboxylic acids is 1. The summed E-state index contributed by atoms with van der Waals surface area (Å²) in [5, 5.41) is 3.00. The molecule has 0 fully saturated rings. The highest BCUT2D eigenvalue weighted by Crippen LogP contribution is 2.18. The van der Waals surface area contributed by atoms with Crippen molar-refractivity contribution in [1.82, 2.24) is 10.2 Å². The van der Waals surface area contributed by atoms with Crippen LogP contribution in [0.2, 0.25) is 0 Å². The average molecular weight is 248 g/mol. The number of hydrogen-bond donors (Lipinski definition) is 1. The van der Waals surface area contributed by atoms with E-state index in [1.807, 2.05) is 14.1 Å². The van der Waals surface area contributed by atoms with Gasteiger partial charge in [0.1, 0.15) is 0 Å². The quantitative estimate of drug-likeness (QED) is 0.866. The smallest absolute Gasteiger partial charge is 0.223 e. The second-order valence-electron chi connectivity index (χ2n) is 4.89. The van der Waals surface area contributed by atoms with E-state index in [2.05, 4.69) is 38.2 Å². The fourth-order valence-electron chi connectivity index (χ4n) is 1.95. The second kappa shape index (κ2) is 6.55. The van der Waals surface area contributed by atoms with E-state index in [1.54, 1.807) is 4.90 Å². The van der Waals surface area contributed by atoms with E-state index < -0.39 is 0 Å². The van der Waals surface area contributed by atoms with E-state index in [9.17, 15) is 4.79 Å². The van der Waals surface area contributed by atoms with Crippen LogP contribution in [0.1, 0.15) is 28.7 Å². The molecule has 0 aliphatic carbocycles. The molecule has 3 heteroatoms. The molecule has 0 heterocycles. The Kier molecular flexibility index (Phi) is 5.35. The van der Waals surface area contributed by atoms with Crippen LogP contribution >= 0.6 is 0 Å². The van der Waals surface area contributed by atoms with Gasteiger partial charge in [-0.05, 0) is 50.1 Å². The number of nitrogens with one attached hydrogen (secondary N) is 1. The third-order valence-corrected chi connectivity index (χ3v) is 3.59. The maximum absolute atomic E-state index is 11.9. The zero-order valence-corrected chi connectivity index (χ0v) is 12.1. The molecular formula is C15H24N2O. The number of rotatable bonds is 5. The predicted octanol–water partition coefficient (Wildman–Crippen LogP) is 2.18. The Labute approximate surface area is 110 Å². The van der Waals surface area contributed by atoms with Crippen LogP contribution in [0, 0.1) is 20.8 Å². The first kappa shape index (κ1) is 14.7. The van der Waals surface area contributed by atoms with E-state index >= 15 is 0 Å². The minimum atomic E-state index is 0.182. The largest absolute Gasteiger partial charge is 0.341 e. The van der Waals surface area contributed by atoms with Crippen molar-refractivity contribution in [3.05, 3.63) is 34.4 Å². The number of aryl methyl sites for hydroxylation is 1. The lowest BCUT2D eigenvalue weighted by Gasteiger charge is -2.20. The Morgan fingerprint density at radius 3 is 2.50 bits per heavy atom. The summed E-state index contributed by atoms with van der Waals surface area (Å²) < 4.78 is 0. The molecule has 1 aromatic carbocycles. The average Bonchev–Trinajstić information content (AvgIpc) is 2.36. The lowest BCUT2D eigenvalue weighted by atomic mass is 9.98. The van der Waals surface area contributed by atoms with Crippen molar-refractivity contribution >= 4 is 5.91 Å².